The molecule has 26 heavy (non-hydrogen) atoms. The summed E-state index contributed by atoms with van der Waals surface area (Å²) in [6.45, 7) is 5.60. The first-order valence-corrected chi connectivity index (χ1v) is 8.93. The standard InChI is InChI=1S/C21H26N2O3/c1-16(2)18-10-7-11-19(12-18)23-21(24)20(25-3)13-22(23)15-26-14-17-8-5-4-6-9-17/h4-12,16,20H,13-15H2,1-3H3. The number of benzene rings is 2. The van der Waals surface area contributed by atoms with Gasteiger partial charge in [-0.2, -0.15) is 5.01 Å². The molecule has 1 fully saturated rings. The van der Waals surface area contributed by atoms with Gasteiger partial charge < -0.3 is 9.47 Å². The third-order valence-corrected chi connectivity index (χ3v) is 4.56. The smallest absolute Gasteiger partial charge is 0.272 e. The molecule has 5 heteroatoms. The molecule has 1 aliphatic heterocycles. The van der Waals surface area contributed by atoms with Crippen LogP contribution in [-0.2, 0) is 20.9 Å². The molecule has 0 N–H and O–H groups in total. The number of hydrogen-bond donors (Lipinski definition) is 0. The quantitative estimate of drug-likeness (QED) is 0.762. The van der Waals surface area contributed by atoms with Crippen molar-refractivity contribution in [2.45, 2.75) is 32.5 Å². The molecule has 5 nitrogen and oxygen atoms in total. The van der Waals surface area contributed by atoms with Crippen molar-refractivity contribution in [2.24, 2.45) is 0 Å². The zero-order valence-electron chi connectivity index (χ0n) is 15.6. The van der Waals surface area contributed by atoms with E-state index in [9.17, 15) is 4.79 Å². The summed E-state index contributed by atoms with van der Waals surface area (Å²) < 4.78 is 11.2. The maximum Gasteiger partial charge on any atom is 0.272 e. The van der Waals surface area contributed by atoms with E-state index in [1.165, 1.54) is 5.56 Å². The largest absolute Gasteiger partial charge is 0.370 e. The van der Waals surface area contributed by atoms with Gasteiger partial charge in [0, 0.05) is 7.11 Å². The second-order valence-corrected chi connectivity index (χ2v) is 6.78. The van der Waals surface area contributed by atoms with Crippen molar-refractivity contribution in [3.63, 3.8) is 0 Å². The fourth-order valence-corrected chi connectivity index (χ4v) is 3.06. The van der Waals surface area contributed by atoms with Crippen molar-refractivity contribution in [3.05, 3.63) is 65.7 Å². The number of rotatable bonds is 7. The molecule has 1 aliphatic rings. The van der Waals surface area contributed by atoms with Crippen LogP contribution < -0.4 is 5.01 Å². The Labute approximate surface area is 155 Å². The van der Waals surface area contributed by atoms with E-state index >= 15 is 0 Å². The molecule has 1 heterocycles. The summed E-state index contributed by atoms with van der Waals surface area (Å²) in [5.74, 6) is 0.338. The van der Waals surface area contributed by atoms with Crippen LogP contribution >= 0.6 is 0 Å². The van der Waals surface area contributed by atoms with Crippen molar-refractivity contribution in [2.75, 3.05) is 25.4 Å². The molecule has 2 aromatic rings. The molecule has 0 radical (unpaired) electrons. The molecule has 1 amide bonds. The second-order valence-electron chi connectivity index (χ2n) is 6.78. The molecule has 1 atom stereocenters. The van der Waals surface area contributed by atoms with Gasteiger partial charge in [0.15, 0.2) is 6.10 Å². The van der Waals surface area contributed by atoms with Crippen LogP contribution in [0.3, 0.4) is 0 Å². The lowest BCUT2D eigenvalue weighted by molar-refractivity contribution is -0.125. The molecule has 138 valence electrons. The Morgan fingerprint density at radius 3 is 2.58 bits per heavy atom. The number of anilines is 1. The van der Waals surface area contributed by atoms with Gasteiger partial charge in [0.25, 0.3) is 5.91 Å². The molecule has 0 spiro atoms. The van der Waals surface area contributed by atoms with Gasteiger partial charge in [0.2, 0.25) is 0 Å². The predicted octanol–water partition coefficient (Wildman–Crippen LogP) is 3.56. The van der Waals surface area contributed by atoms with Crippen LogP contribution in [0.2, 0.25) is 0 Å². The highest BCUT2D eigenvalue weighted by Gasteiger charge is 2.39. The number of ether oxygens (including phenoxy) is 2. The van der Waals surface area contributed by atoms with E-state index in [2.05, 4.69) is 26.0 Å². The van der Waals surface area contributed by atoms with Gasteiger partial charge in [0.1, 0.15) is 6.73 Å². The van der Waals surface area contributed by atoms with Gasteiger partial charge in [-0.1, -0.05) is 56.3 Å². The fourth-order valence-electron chi connectivity index (χ4n) is 3.06. The lowest BCUT2D eigenvalue weighted by Gasteiger charge is -2.27. The van der Waals surface area contributed by atoms with Crippen molar-refractivity contribution in [1.29, 1.82) is 0 Å². The maximum atomic E-state index is 12.8. The SMILES string of the molecule is COC1CN(COCc2ccccc2)N(c2cccc(C(C)C)c2)C1=O. The molecule has 0 aliphatic carbocycles. The number of nitrogens with zero attached hydrogens (tertiary/aromatic N) is 2. The molecule has 0 saturated carbocycles. The Morgan fingerprint density at radius 2 is 1.88 bits per heavy atom. The normalized spacial score (nSPS) is 18.1. The van der Waals surface area contributed by atoms with Crippen molar-refractivity contribution in [3.8, 4) is 0 Å². The minimum absolute atomic E-state index is 0.0586. The van der Waals surface area contributed by atoms with Crippen LogP contribution in [0, 0.1) is 0 Å². The Hall–Kier alpha value is -2.21. The molecule has 0 bridgehead atoms. The van der Waals surface area contributed by atoms with E-state index in [0.29, 0.717) is 25.8 Å². The van der Waals surface area contributed by atoms with Gasteiger partial charge in [0.05, 0.1) is 18.8 Å². The Bertz CT molecular complexity index is 733. The molecular weight excluding hydrogens is 328 g/mol. The number of hydrazine groups is 1. The highest BCUT2D eigenvalue weighted by molar-refractivity contribution is 5.98. The van der Waals surface area contributed by atoms with E-state index in [-0.39, 0.29) is 5.91 Å². The van der Waals surface area contributed by atoms with E-state index < -0.39 is 6.10 Å². The third kappa shape index (κ3) is 4.12. The zero-order chi connectivity index (χ0) is 18.5. The first kappa shape index (κ1) is 18.6. The summed E-state index contributed by atoms with van der Waals surface area (Å²) in [5, 5.41) is 3.59. The Balaban J connectivity index is 1.74. The van der Waals surface area contributed by atoms with E-state index in [4.69, 9.17) is 9.47 Å². The average Bonchev–Trinajstić information content (AvgIpc) is 2.98. The van der Waals surface area contributed by atoms with E-state index in [1.54, 1.807) is 12.1 Å². The van der Waals surface area contributed by atoms with Crippen molar-refractivity contribution in [1.82, 2.24) is 5.01 Å². The van der Waals surface area contributed by atoms with Crippen molar-refractivity contribution >= 4 is 11.6 Å². The minimum atomic E-state index is -0.474. The molecule has 3 rings (SSSR count). The topological polar surface area (TPSA) is 42.0 Å². The zero-order valence-corrected chi connectivity index (χ0v) is 15.6. The van der Waals surface area contributed by atoms with Gasteiger partial charge >= 0.3 is 0 Å². The first-order valence-electron chi connectivity index (χ1n) is 8.93. The Kier molecular flexibility index (Phi) is 6.04. The molecule has 0 aromatic heterocycles. The summed E-state index contributed by atoms with van der Waals surface area (Å²) >= 11 is 0. The fraction of sp³-hybridized carbons (Fsp3) is 0.381. The maximum absolute atomic E-state index is 12.8. The molecular formula is C21H26N2O3. The molecule has 1 unspecified atom stereocenters. The van der Waals surface area contributed by atoms with Crippen molar-refractivity contribution < 1.29 is 14.3 Å². The number of hydrogen-bond acceptors (Lipinski definition) is 4. The highest BCUT2D eigenvalue weighted by Crippen LogP contribution is 2.27. The van der Waals surface area contributed by atoms with Crippen LogP contribution in [0.25, 0.3) is 0 Å². The number of amides is 1. The summed E-state index contributed by atoms with van der Waals surface area (Å²) in [6.07, 6.45) is -0.474. The Morgan fingerprint density at radius 1 is 1.12 bits per heavy atom. The predicted molar refractivity (Wildman–Crippen MR) is 102 cm³/mol. The molecule has 1 saturated heterocycles. The van der Waals surface area contributed by atoms with Crippen LogP contribution in [0.5, 0.6) is 0 Å². The van der Waals surface area contributed by atoms with E-state index in [0.717, 1.165) is 11.3 Å². The van der Waals surface area contributed by atoms with Crippen LogP contribution in [0.1, 0.15) is 30.9 Å². The van der Waals surface area contributed by atoms with Crippen LogP contribution in [-0.4, -0.2) is 37.4 Å². The highest BCUT2D eigenvalue weighted by atomic mass is 16.5. The summed E-state index contributed by atoms with van der Waals surface area (Å²) in [6, 6.07) is 18.1. The minimum Gasteiger partial charge on any atom is -0.370 e. The van der Waals surface area contributed by atoms with Gasteiger partial charge in [-0.05, 0) is 29.2 Å². The van der Waals surface area contributed by atoms with E-state index in [1.807, 2.05) is 47.5 Å². The average molecular weight is 354 g/mol. The van der Waals surface area contributed by atoms with Crippen LogP contribution in [0.15, 0.2) is 54.6 Å². The monoisotopic (exact) mass is 354 g/mol. The number of carbonyl (C=O) groups is 1. The number of methoxy groups -OCH3 is 1. The second kappa shape index (κ2) is 8.45. The van der Waals surface area contributed by atoms with Gasteiger partial charge in [-0.3, -0.25) is 4.79 Å². The number of carbonyl (C=O) groups excluding carboxylic acids is 1. The lowest BCUT2D eigenvalue weighted by Crippen LogP contribution is -2.40. The summed E-state index contributed by atoms with van der Waals surface area (Å²) in [5.41, 5.74) is 3.15. The van der Waals surface area contributed by atoms with Gasteiger partial charge in [-0.15, -0.1) is 0 Å². The lowest BCUT2D eigenvalue weighted by atomic mass is 10.0. The first-order chi connectivity index (χ1) is 12.6. The van der Waals surface area contributed by atoms with Gasteiger partial charge in [-0.25, -0.2) is 5.01 Å². The summed E-state index contributed by atoms with van der Waals surface area (Å²) in [7, 11) is 1.57. The molecule has 2 aromatic carbocycles. The van der Waals surface area contributed by atoms with Crippen LogP contribution in [0.4, 0.5) is 5.69 Å². The third-order valence-electron chi connectivity index (χ3n) is 4.56. The summed E-state index contributed by atoms with van der Waals surface area (Å²) in [4.78, 5) is 12.8.